The minimum Gasteiger partial charge on any atom is -0.493 e. The lowest BCUT2D eigenvalue weighted by Crippen LogP contribution is -2.20. The van der Waals surface area contributed by atoms with Gasteiger partial charge < -0.3 is 4.74 Å². The van der Waals surface area contributed by atoms with Gasteiger partial charge in [0.05, 0.1) is 6.61 Å². The Labute approximate surface area is 127 Å². The fraction of sp³-hybridized carbons (Fsp3) is 0.562. The van der Waals surface area contributed by atoms with Gasteiger partial charge in [0.2, 0.25) is 6.08 Å². The molecular formula is C16H18BrNO2. The largest absolute Gasteiger partial charge is 0.493 e. The number of hydrogen-bond donors (Lipinski definition) is 0. The predicted molar refractivity (Wildman–Crippen MR) is 80.6 cm³/mol. The van der Waals surface area contributed by atoms with E-state index in [9.17, 15) is 4.79 Å². The SMILES string of the molecule is O=C=NC1(c2cc(Br)ccc2OCC2CC2)CCCC1. The van der Waals surface area contributed by atoms with Gasteiger partial charge in [-0.3, -0.25) is 0 Å². The second-order valence-corrected chi connectivity index (χ2v) is 6.75. The van der Waals surface area contributed by atoms with Crippen LogP contribution >= 0.6 is 15.9 Å². The molecule has 4 heteroatoms. The number of isocyanates is 1. The smallest absolute Gasteiger partial charge is 0.235 e. The molecule has 20 heavy (non-hydrogen) atoms. The van der Waals surface area contributed by atoms with E-state index in [1.54, 1.807) is 6.08 Å². The Morgan fingerprint density at radius 2 is 2.10 bits per heavy atom. The summed E-state index contributed by atoms with van der Waals surface area (Å²) in [6.45, 7) is 0.773. The minimum atomic E-state index is -0.426. The molecule has 0 aromatic heterocycles. The molecule has 0 unspecified atom stereocenters. The molecular weight excluding hydrogens is 318 g/mol. The third kappa shape index (κ3) is 2.82. The second kappa shape index (κ2) is 5.71. The van der Waals surface area contributed by atoms with E-state index in [2.05, 4.69) is 20.9 Å². The standard InChI is InChI=1S/C16H18BrNO2/c17-13-5-6-15(20-10-12-3-4-12)14(9-13)16(18-11-19)7-1-2-8-16/h5-6,9,12H,1-4,7-8,10H2. The summed E-state index contributed by atoms with van der Waals surface area (Å²) in [4.78, 5) is 15.0. The average molecular weight is 336 g/mol. The Hall–Kier alpha value is -1.12. The zero-order valence-electron chi connectivity index (χ0n) is 11.4. The first-order valence-electron chi connectivity index (χ1n) is 7.25. The highest BCUT2D eigenvalue weighted by atomic mass is 79.9. The number of aliphatic imine (C=N–C) groups is 1. The lowest BCUT2D eigenvalue weighted by molar-refractivity contribution is 0.287. The minimum absolute atomic E-state index is 0.426. The van der Waals surface area contributed by atoms with Crippen molar-refractivity contribution in [3.05, 3.63) is 28.2 Å². The van der Waals surface area contributed by atoms with Gasteiger partial charge in [0, 0.05) is 10.0 Å². The number of carbonyl (C=O) groups excluding carboxylic acids is 1. The van der Waals surface area contributed by atoms with E-state index in [1.807, 2.05) is 18.2 Å². The van der Waals surface area contributed by atoms with Crippen molar-refractivity contribution in [3.63, 3.8) is 0 Å². The van der Waals surface area contributed by atoms with Crippen molar-refractivity contribution in [3.8, 4) is 5.75 Å². The molecule has 2 fully saturated rings. The quantitative estimate of drug-likeness (QED) is 0.592. The van der Waals surface area contributed by atoms with Gasteiger partial charge in [0.1, 0.15) is 11.3 Å². The molecule has 0 aliphatic heterocycles. The fourth-order valence-corrected chi connectivity index (χ4v) is 3.33. The Bertz CT molecular complexity index is 541. The molecule has 1 aromatic rings. The van der Waals surface area contributed by atoms with Crippen LogP contribution in [0.25, 0.3) is 0 Å². The van der Waals surface area contributed by atoms with E-state index < -0.39 is 5.54 Å². The van der Waals surface area contributed by atoms with E-state index in [-0.39, 0.29) is 0 Å². The number of hydrogen-bond acceptors (Lipinski definition) is 3. The second-order valence-electron chi connectivity index (χ2n) is 5.84. The van der Waals surface area contributed by atoms with Gasteiger partial charge in [-0.2, -0.15) is 4.99 Å². The molecule has 1 aromatic carbocycles. The summed E-state index contributed by atoms with van der Waals surface area (Å²) in [5.74, 6) is 1.58. The normalized spacial score (nSPS) is 20.4. The molecule has 0 spiro atoms. The van der Waals surface area contributed by atoms with Crippen LogP contribution < -0.4 is 4.74 Å². The van der Waals surface area contributed by atoms with Crippen LogP contribution in [0.5, 0.6) is 5.75 Å². The maximum Gasteiger partial charge on any atom is 0.235 e. The third-order valence-electron chi connectivity index (χ3n) is 4.30. The molecule has 0 saturated heterocycles. The fourth-order valence-electron chi connectivity index (χ4n) is 2.97. The molecule has 0 atom stereocenters. The van der Waals surface area contributed by atoms with Gasteiger partial charge in [-0.05, 0) is 49.8 Å². The predicted octanol–water partition coefficient (Wildman–Crippen LogP) is 4.34. The molecule has 106 valence electrons. The summed E-state index contributed by atoms with van der Waals surface area (Å²) >= 11 is 3.52. The summed E-state index contributed by atoms with van der Waals surface area (Å²) in [6.07, 6.45) is 8.31. The van der Waals surface area contributed by atoms with Crippen molar-refractivity contribution in [1.29, 1.82) is 0 Å². The topological polar surface area (TPSA) is 38.7 Å². The Morgan fingerprint density at radius 1 is 1.35 bits per heavy atom. The van der Waals surface area contributed by atoms with Crippen molar-refractivity contribution >= 4 is 22.0 Å². The summed E-state index contributed by atoms with van der Waals surface area (Å²) in [5, 5.41) is 0. The van der Waals surface area contributed by atoms with Crippen LogP contribution in [-0.4, -0.2) is 12.7 Å². The molecule has 0 bridgehead atoms. The van der Waals surface area contributed by atoms with E-state index in [4.69, 9.17) is 4.74 Å². The summed E-state index contributed by atoms with van der Waals surface area (Å²) in [6, 6.07) is 6.02. The lowest BCUT2D eigenvalue weighted by atomic mass is 9.88. The molecule has 3 nitrogen and oxygen atoms in total. The molecule has 2 saturated carbocycles. The maximum absolute atomic E-state index is 10.9. The maximum atomic E-state index is 10.9. The molecule has 0 heterocycles. The van der Waals surface area contributed by atoms with Gasteiger partial charge in [-0.15, -0.1) is 0 Å². The highest BCUT2D eigenvalue weighted by Gasteiger charge is 2.38. The molecule has 3 rings (SSSR count). The number of nitrogens with zero attached hydrogens (tertiary/aromatic N) is 1. The monoisotopic (exact) mass is 335 g/mol. The average Bonchev–Trinajstić information content (AvgIpc) is 3.16. The Balaban J connectivity index is 1.95. The third-order valence-corrected chi connectivity index (χ3v) is 4.80. The van der Waals surface area contributed by atoms with Crippen molar-refractivity contribution in [2.24, 2.45) is 10.9 Å². The number of ether oxygens (including phenoxy) is 1. The van der Waals surface area contributed by atoms with Crippen LogP contribution in [0.4, 0.5) is 0 Å². The lowest BCUT2D eigenvalue weighted by Gasteiger charge is -2.26. The van der Waals surface area contributed by atoms with Gasteiger partial charge in [-0.1, -0.05) is 28.8 Å². The highest BCUT2D eigenvalue weighted by molar-refractivity contribution is 9.10. The molecule has 2 aliphatic carbocycles. The number of benzene rings is 1. The zero-order chi connectivity index (χ0) is 14.0. The van der Waals surface area contributed by atoms with E-state index in [1.165, 1.54) is 12.8 Å². The first-order valence-corrected chi connectivity index (χ1v) is 8.05. The van der Waals surface area contributed by atoms with Crippen LogP contribution in [-0.2, 0) is 10.3 Å². The molecule has 0 amide bonds. The van der Waals surface area contributed by atoms with Crippen molar-refractivity contribution in [1.82, 2.24) is 0 Å². The van der Waals surface area contributed by atoms with Crippen LogP contribution in [0.2, 0.25) is 0 Å². The Kier molecular flexibility index (Phi) is 3.95. The van der Waals surface area contributed by atoms with Crippen LogP contribution in [0, 0.1) is 5.92 Å². The molecule has 0 N–H and O–H groups in total. The molecule has 0 radical (unpaired) electrons. The van der Waals surface area contributed by atoms with E-state index in [0.717, 1.165) is 48.1 Å². The van der Waals surface area contributed by atoms with E-state index in [0.29, 0.717) is 5.92 Å². The summed E-state index contributed by atoms with van der Waals surface area (Å²) in [5.41, 5.74) is 0.609. The number of halogens is 1. The molecule has 2 aliphatic rings. The van der Waals surface area contributed by atoms with E-state index >= 15 is 0 Å². The van der Waals surface area contributed by atoms with Gasteiger partial charge in [0.15, 0.2) is 0 Å². The van der Waals surface area contributed by atoms with Crippen LogP contribution in [0.3, 0.4) is 0 Å². The van der Waals surface area contributed by atoms with Crippen molar-refractivity contribution in [2.75, 3.05) is 6.61 Å². The van der Waals surface area contributed by atoms with Crippen molar-refractivity contribution in [2.45, 2.75) is 44.1 Å². The van der Waals surface area contributed by atoms with Crippen LogP contribution in [0.1, 0.15) is 44.1 Å². The summed E-state index contributed by atoms with van der Waals surface area (Å²) in [7, 11) is 0. The number of rotatable bonds is 5. The first kappa shape index (κ1) is 13.8. The van der Waals surface area contributed by atoms with Crippen molar-refractivity contribution < 1.29 is 9.53 Å². The first-order chi connectivity index (χ1) is 9.73. The van der Waals surface area contributed by atoms with Gasteiger partial charge in [-0.25, -0.2) is 4.79 Å². The van der Waals surface area contributed by atoms with Gasteiger partial charge >= 0.3 is 0 Å². The highest BCUT2D eigenvalue weighted by Crippen LogP contribution is 2.46. The van der Waals surface area contributed by atoms with Crippen LogP contribution in [0.15, 0.2) is 27.7 Å². The summed E-state index contributed by atoms with van der Waals surface area (Å²) < 4.78 is 6.99. The Morgan fingerprint density at radius 3 is 2.75 bits per heavy atom. The van der Waals surface area contributed by atoms with Gasteiger partial charge in [0.25, 0.3) is 0 Å². The zero-order valence-corrected chi connectivity index (χ0v) is 13.0.